The molecule has 0 radical (unpaired) electrons. The third-order valence-corrected chi connectivity index (χ3v) is 4.60. The van der Waals surface area contributed by atoms with Gasteiger partial charge in [0.25, 0.3) is 0 Å². The Hall–Kier alpha value is -2.30. The van der Waals surface area contributed by atoms with Crippen LogP contribution in [0.1, 0.15) is 40.5 Å². The Bertz CT molecular complexity index is 663. The van der Waals surface area contributed by atoms with Crippen molar-refractivity contribution < 1.29 is 14.3 Å². The molecule has 2 rings (SSSR count). The molecular weight excluding hydrogens is 316 g/mol. The van der Waals surface area contributed by atoms with Crippen molar-refractivity contribution in [2.45, 2.75) is 40.5 Å². The zero-order valence-electron chi connectivity index (χ0n) is 15.6. The fourth-order valence-electron chi connectivity index (χ4n) is 2.94. The maximum atomic E-state index is 12.9. The molecule has 0 atom stereocenters. The van der Waals surface area contributed by atoms with Crippen LogP contribution in [0.4, 0.5) is 11.4 Å². The molecule has 0 aliphatic carbocycles. The average molecular weight is 344 g/mol. The van der Waals surface area contributed by atoms with E-state index in [2.05, 4.69) is 11.9 Å². The average Bonchev–Trinajstić information content (AvgIpc) is 2.67. The molecule has 0 aromatic heterocycles. The van der Waals surface area contributed by atoms with Gasteiger partial charge in [0.1, 0.15) is 12.4 Å². The Morgan fingerprint density at radius 1 is 1.40 bits per heavy atom. The Balaban J connectivity index is 2.36. The Morgan fingerprint density at radius 3 is 2.68 bits per heavy atom. The number of benzene rings is 1. The van der Waals surface area contributed by atoms with Crippen molar-refractivity contribution in [2.24, 2.45) is 11.3 Å². The molecule has 1 aromatic carbocycles. The molecule has 5 heteroatoms. The summed E-state index contributed by atoms with van der Waals surface area (Å²) in [6, 6.07) is 5.43. The van der Waals surface area contributed by atoms with Gasteiger partial charge in [0.05, 0.1) is 11.1 Å². The summed E-state index contributed by atoms with van der Waals surface area (Å²) in [4.78, 5) is 26.9. The SMILES string of the molecule is C=CCN1C(=O)C(C)(C)COc2ccc(NC(=O)C(CC)CC)cc21. The largest absolute Gasteiger partial charge is 0.490 e. The van der Waals surface area contributed by atoms with Crippen LogP contribution in [0.15, 0.2) is 30.9 Å². The molecule has 2 amide bonds. The number of carbonyl (C=O) groups is 2. The number of hydrogen-bond donors (Lipinski definition) is 1. The van der Waals surface area contributed by atoms with Gasteiger partial charge in [-0.2, -0.15) is 0 Å². The number of fused-ring (bicyclic) bond motifs is 1. The number of carbonyl (C=O) groups excluding carboxylic acids is 2. The molecule has 0 fully saturated rings. The molecule has 136 valence electrons. The van der Waals surface area contributed by atoms with Crippen molar-refractivity contribution in [1.82, 2.24) is 0 Å². The van der Waals surface area contributed by atoms with Gasteiger partial charge in [-0.25, -0.2) is 0 Å². The smallest absolute Gasteiger partial charge is 0.236 e. The van der Waals surface area contributed by atoms with Gasteiger partial charge < -0.3 is 15.0 Å². The van der Waals surface area contributed by atoms with Gasteiger partial charge in [0.2, 0.25) is 11.8 Å². The lowest BCUT2D eigenvalue weighted by atomic mass is 9.93. The van der Waals surface area contributed by atoms with Gasteiger partial charge in [-0.3, -0.25) is 9.59 Å². The number of rotatable bonds is 6. The number of nitrogens with one attached hydrogen (secondary N) is 1. The first-order chi connectivity index (χ1) is 11.8. The van der Waals surface area contributed by atoms with E-state index in [1.807, 2.05) is 39.8 Å². The molecule has 0 saturated heterocycles. The number of nitrogens with zero attached hydrogens (tertiary/aromatic N) is 1. The first-order valence-corrected chi connectivity index (χ1v) is 8.84. The molecule has 5 nitrogen and oxygen atoms in total. The summed E-state index contributed by atoms with van der Waals surface area (Å²) in [5.41, 5.74) is 0.708. The molecule has 0 bridgehead atoms. The fraction of sp³-hybridized carbons (Fsp3) is 0.500. The molecule has 0 spiro atoms. The van der Waals surface area contributed by atoms with Crippen molar-refractivity contribution in [3.05, 3.63) is 30.9 Å². The van der Waals surface area contributed by atoms with Gasteiger partial charge in [0, 0.05) is 18.2 Å². The first kappa shape index (κ1) is 19.0. The predicted octanol–water partition coefficient (Wildman–Crippen LogP) is 4.00. The van der Waals surface area contributed by atoms with E-state index in [0.29, 0.717) is 30.3 Å². The van der Waals surface area contributed by atoms with Crippen molar-refractivity contribution >= 4 is 23.2 Å². The van der Waals surface area contributed by atoms with Crippen LogP contribution in [0, 0.1) is 11.3 Å². The van der Waals surface area contributed by atoms with Gasteiger partial charge in [-0.1, -0.05) is 19.9 Å². The summed E-state index contributed by atoms with van der Waals surface area (Å²) in [5, 5.41) is 2.95. The maximum Gasteiger partial charge on any atom is 0.236 e. The molecule has 1 aliphatic heterocycles. The summed E-state index contributed by atoms with van der Waals surface area (Å²) in [6.45, 7) is 12.2. The van der Waals surface area contributed by atoms with Crippen molar-refractivity contribution in [2.75, 3.05) is 23.4 Å². The molecule has 0 unspecified atom stereocenters. The van der Waals surface area contributed by atoms with E-state index in [0.717, 1.165) is 12.8 Å². The Morgan fingerprint density at radius 2 is 2.08 bits per heavy atom. The highest BCUT2D eigenvalue weighted by atomic mass is 16.5. The van der Waals surface area contributed by atoms with Gasteiger partial charge in [-0.15, -0.1) is 6.58 Å². The Kier molecular flexibility index (Phi) is 5.88. The Labute approximate surface area is 150 Å². The van der Waals surface area contributed by atoms with E-state index in [1.54, 1.807) is 17.0 Å². The van der Waals surface area contributed by atoms with Crippen LogP contribution in [0.5, 0.6) is 5.75 Å². The lowest BCUT2D eigenvalue weighted by Crippen LogP contribution is -2.42. The van der Waals surface area contributed by atoms with Gasteiger partial charge in [-0.05, 0) is 44.9 Å². The monoisotopic (exact) mass is 344 g/mol. The molecule has 1 heterocycles. The lowest BCUT2D eigenvalue weighted by molar-refractivity contribution is -0.127. The van der Waals surface area contributed by atoms with Crippen LogP contribution < -0.4 is 15.0 Å². The third-order valence-electron chi connectivity index (χ3n) is 4.60. The van der Waals surface area contributed by atoms with Crippen LogP contribution in [-0.2, 0) is 9.59 Å². The van der Waals surface area contributed by atoms with Gasteiger partial charge in [0.15, 0.2) is 0 Å². The van der Waals surface area contributed by atoms with E-state index in [-0.39, 0.29) is 17.7 Å². The second-order valence-corrected chi connectivity index (χ2v) is 7.06. The summed E-state index contributed by atoms with van der Waals surface area (Å²) in [6.07, 6.45) is 3.29. The summed E-state index contributed by atoms with van der Waals surface area (Å²) < 4.78 is 5.85. The maximum absolute atomic E-state index is 12.9. The number of anilines is 2. The van der Waals surface area contributed by atoms with Gasteiger partial charge >= 0.3 is 0 Å². The minimum atomic E-state index is -0.624. The van der Waals surface area contributed by atoms with E-state index >= 15 is 0 Å². The summed E-state index contributed by atoms with van der Waals surface area (Å²) in [7, 11) is 0. The molecule has 1 aliphatic rings. The summed E-state index contributed by atoms with van der Waals surface area (Å²) >= 11 is 0. The summed E-state index contributed by atoms with van der Waals surface area (Å²) in [5.74, 6) is 0.609. The van der Waals surface area contributed by atoms with Crippen molar-refractivity contribution in [3.63, 3.8) is 0 Å². The second kappa shape index (κ2) is 7.72. The zero-order chi connectivity index (χ0) is 18.6. The van der Waals surface area contributed by atoms with Crippen LogP contribution in [-0.4, -0.2) is 25.0 Å². The highest BCUT2D eigenvalue weighted by molar-refractivity contribution is 6.01. The van der Waals surface area contributed by atoms with Crippen LogP contribution in [0.3, 0.4) is 0 Å². The molecule has 25 heavy (non-hydrogen) atoms. The van der Waals surface area contributed by atoms with E-state index in [1.165, 1.54) is 0 Å². The standard InChI is InChI=1S/C20H28N2O3/c1-6-11-22-16-12-15(21-18(23)14(7-2)8-3)9-10-17(16)25-13-20(4,5)19(22)24/h6,9-10,12,14H,1,7-8,11,13H2,2-5H3,(H,21,23). The molecular formula is C20H28N2O3. The third kappa shape index (κ3) is 4.03. The first-order valence-electron chi connectivity index (χ1n) is 8.84. The minimum Gasteiger partial charge on any atom is -0.490 e. The highest BCUT2D eigenvalue weighted by Gasteiger charge is 2.37. The number of hydrogen-bond acceptors (Lipinski definition) is 3. The minimum absolute atomic E-state index is 0.00131. The molecule has 1 aromatic rings. The lowest BCUT2D eigenvalue weighted by Gasteiger charge is -2.27. The number of ether oxygens (including phenoxy) is 1. The number of amides is 2. The second-order valence-electron chi connectivity index (χ2n) is 7.06. The topological polar surface area (TPSA) is 58.6 Å². The molecule has 0 saturated carbocycles. The van der Waals surface area contributed by atoms with E-state index in [9.17, 15) is 9.59 Å². The van der Waals surface area contributed by atoms with Crippen LogP contribution in [0.2, 0.25) is 0 Å². The van der Waals surface area contributed by atoms with E-state index < -0.39 is 5.41 Å². The quantitative estimate of drug-likeness (QED) is 0.794. The van der Waals surface area contributed by atoms with Crippen molar-refractivity contribution in [1.29, 1.82) is 0 Å². The fourth-order valence-corrected chi connectivity index (χ4v) is 2.94. The zero-order valence-corrected chi connectivity index (χ0v) is 15.6. The predicted molar refractivity (Wildman–Crippen MR) is 101 cm³/mol. The normalized spacial score (nSPS) is 16.0. The molecule has 1 N–H and O–H groups in total. The van der Waals surface area contributed by atoms with Crippen LogP contribution >= 0.6 is 0 Å². The van der Waals surface area contributed by atoms with E-state index in [4.69, 9.17) is 4.74 Å². The van der Waals surface area contributed by atoms with Crippen molar-refractivity contribution in [3.8, 4) is 5.75 Å². The highest BCUT2D eigenvalue weighted by Crippen LogP contribution is 2.38. The van der Waals surface area contributed by atoms with Crippen LogP contribution in [0.25, 0.3) is 0 Å².